The first-order valence-electron chi connectivity index (χ1n) is 9.33. The molecule has 0 saturated carbocycles. The summed E-state index contributed by atoms with van der Waals surface area (Å²) in [4.78, 5) is 13.8. The molecule has 1 atom stereocenters. The minimum absolute atomic E-state index is 0.0235. The highest BCUT2D eigenvalue weighted by Crippen LogP contribution is 2.43. The van der Waals surface area contributed by atoms with Crippen LogP contribution in [0.15, 0.2) is 94.4 Å². The van der Waals surface area contributed by atoms with Crippen molar-refractivity contribution in [2.24, 2.45) is 0 Å². The molecule has 1 aliphatic rings. The van der Waals surface area contributed by atoms with Crippen molar-refractivity contribution in [3.8, 4) is 0 Å². The number of carbonyl (C=O) groups excluding carboxylic acids is 1. The van der Waals surface area contributed by atoms with Gasteiger partial charge in [-0.3, -0.25) is 4.79 Å². The second-order valence-electron chi connectivity index (χ2n) is 7.04. The van der Waals surface area contributed by atoms with Crippen LogP contribution in [0.5, 0.6) is 0 Å². The van der Waals surface area contributed by atoms with Gasteiger partial charge in [-0.2, -0.15) is 0 Å². The average Bonchev–Trinajstić information content (AvgIpc) is 3.02. The van der Waals surface area contributed by atoms with Gasteiger partial charge >= 0.3 is 0 Å². The van der Waals surface area contributed by atoms with E-state index in [1.165, 1.54) is 41.3 Å². The largest absolute Gasteiger partial charge is 0.502 e. The van der Waals surface area contributed by atoms with Crippen LogP contribution in [0.25, 0.3) is 0 Å². The minimum atomic E-state index is -4.19. The Labute approximate surface area is 183 Å². The quantitative estimate of drug-likeness (QED) is 0.596. The first-order valence-corrected chi connectivity index (χ1v) is 11.2. The van der Waals surface area contributed by atoms with Crippen LogP contribution in [0.1, 0.15) is 17.2 Å². The molecular weight excluding hydrogens is 441 g/mol. The van der Waals surface area contributed by atoms with E-state index in [2.05, 4.69) is 0 Å². The van der Waals surface area contributed by atoms with Gasteiger partial charge in [-0.1, -0.05) is 54.1 Å². The van der Waals surface area contributed by atoms with Crippen molar-refractivity contribution < 1.29 is 22.7 Å². The summed E-state index contributed by atoms with van der Waals surface area (Å²) >= 11 is 5.98. The van der Waals surface area contributed by atoms with Gasteiger partial charge in [0.1, 0.15) is 10.7 Å². The highest BCUT2D eigenvalue weighted by Gasteiger charge is 2.46. The number of rotatable bonds is 5. The lowest BCUT2D eigenvalue weighted by atomic mass is 10.1. The molecule has 3 aromatic carbocycles. The molecule has 1 heterocycles. The lowest BCUT2D eigenvalue weighted by Gasteiger charge is -2.27. The number of hydrogen-bond donors (Lipinski definition) is 1. The number of nitrogens with zero attached hydrogens (tertiary/aromatic N) is 1. The summed E-state index contributed by atoms with van der Waals surface area (Å²) < 4.78 is 40.1. The highest BCUT2D eigenvalue weighted by atomic mass is 35.5. The minimum Gasteiger partial charge on any atom is -0.502 e. The first kappa shape index (κ1) is 21.1. The lowest BCUT2D eigenvalue weighted by Crippen LogP contribution is -2.30. The lowest BCUT2D eigenvalue weighted by molar-refractivity contribution is -0.130. The van der Waals surface area contributed by atoms with Crippen LogP contribution in [0, 0.1) is 5.82 Å². The van der Waals surface area contributed by atoms with E-state index < -0.39 is 38.3 Å². The zero-order valence-electron chi connectivity index (χ0n) is 16.1. The predicted molar refractivity (Wildman–Crippen MR) is 114 cm³/mol. The molecule has 3 aromatic rings. The van der Waals surface area contributed by atoms with Crippen LogP contribution in [-0.4, -0.2) is 24.3 Å². The molecule has 8 heteroatoms. The third kappa shape index (κ3) is 3.94. The van der Waals surface area contributed by atoms with E-state index in [9.17, 15) is 22.7 Å². The molecule has 1 N–H and O–H groups in total. The Bertz CT molecular complexity index is 1260. The van der Waals surface area contributed by atoms with Gasteiger partial charge in [-0.25, -0.2) is 12.8 Å². The van der Waals surface area contributed by atoms with Crippen molar-refractivity contribution in [1.82, 2.24) is 4.90 Å². The van der Waals surface area contributed by atoms with Crippen molar-refractivity contribution in [2.75, 3.05) is 0 Å². The van der Waals surface area contributed by atoms with Crippen LogP contribution in [-0.2, 0) is 21.2 Å². The van der Waals surface area contributed by atoms with Gasteiger partial charge in [0.05, 0.1) is 10.9 Å². The van der Waals surface area contributed by atoms with Crippen molar-refractivity contribution >= 4 is 27.3 Å². The molecular formula is C23H17ClFNO4S. The summed E-state index contributed by atoms with van der Waals surface area (Å²) in [6, 6.07) is 18.4. The number of aliphatic hydroxyl groups excluding tert-OH is 1. The zero-order chi connectivity index (χ0) is 22.2. The van der Waals surface area contributed by atoms with Gasteiger partial charge in [-0.15, -0.1) is 0 Å². The third-order valence-corrected chi connectivity index (χ3v) is 7.19. The maximum Gasteiger partial charge on any atom is 0.290 e. The summed E-state index contributed by atoms with van der Waals surface area (Å²) in [5, 5.41) is 11.1. The molecule has 5 nitrogen and oxygen atoms in total. The molecule has 4 rings (SSSR count). The SMILES string of the molecule is O=C1C(O)=C(S(=O)(=O)c2ccccc2)C(c2ccc(Cl)cc2)N1Cc1ccc(F)cc1. The molecule has 31 heavy (non-hydrogen) atoms. The van der Waals surface area contributed by atoms with E-state index in [1.54, 1.807) is 42.5 Å². The van der Waals surface area contributed by atoms with Gasteiger partial charge in [0, 0.05) is 11.6 Å². The van der Waals surface area contributed by atoms with Crippen LogP contribution >= 0.6 is 11.6 Å². The highest BCUT2D eigenvalue weighted by molar-refractivity contribution is 7.95. The molecule has 0 aromatic heterocycles. The van der Waals surface area contributed by atoms with E-state index in [-0.39, 0.29) is 11.4 Å². The van der Waals surface area contributed by atoms with Crippen molar-refractivity contribution in [2.45, 2.75) is 17.5 Å². The fourth-order valence-corrected chi connectivity index (χ4v) is 5.35. The first-order chi connectivity index (χ1) is 14.8. The number of carbonyl (C=O) groups is 1. The van der Waals surface area contributed by atoms with Crippen LogP contribution in [0.3, 0.4) is 0 Å². The smallest absolute Gasteiger partial charge is 0.290 e. The topological polar surface area (TPSA) is 74.7 Å². The van der Waals surface area contributed by atoms with E-state index in [4.69, 9.17) is 11.6 Å². The number of amides is 1. The number of sulfone groups is 1. The number of aliphatic hydroxyl groups is 1. The number of hydrogen-bond acceptors (Lipinski definition) is 4. The van der Waals surface area contributed by atoms with Gasteiger partial charge in [0.25, 0.3) is 5.91 Å². The average molecular weight is 458 g/mol. The summed E-state index contributed by atoms with van der Waals surface area (Å²) in [6.45, 7) is -0.0235. The fraction of sp³-hybridized carbons (Fsp3) is 0.0870. The summed E-state index contributed by atoms with van der Waals surface area (Å²) in [5.41, 5.74) is 1.05. The Balaban J connectivity index is 1.85. The van der Waals surface area contributed by atoms with E-state index in [0.29, 0.717) is 16.1 Å². The monoisotopic (exact) mass is 457 g/mol. The zero-order valence-corrected chi connectivity index (χ0v) is 17.6. The maximum atomic E-state index is 13.4. The normalized spacial score (nSPS) is 16.8. The second kappa shape index (κ2) is 8.17. The maximum absolute atomic E-state index is 13.4. The summed E-state index contributed by atoms with van der Waals surface area (Å²) in [7, 11) is -4.19. The molecule has 1 amide bonds. The van der Waals surface area contributed by atoms with Gasteiger partial charge < -0.3 is 10.0 Å². The molecule has 0 fully saturated rings. The Morgan fingerprint density at radius 1 is 0.935 bits per heavy atom. The molecule has 0 bridgehead atoms. The second-order valence-corrected chi connectivity index (χ2v) is 9.40. The number of benzene rings is 3. The fourth-order valence-electron chi connectivity index (χ4n) is 3.56. The Morgan fingerprint density at radius 3 is 2.16 bits per heavy atom. The van der Waals surface area contributed by atoms with E-state index in [1.807, 2.05) is 0 Å². The molecule has 158 valence electrons. The molecule has 0 saturated heterocycles. The van der Waals surface area contributed by atoms with Crippen LogP contribution in [0.4, 0.5) is 4.39 Å². The van der Waals surface area contributed by atoms with E-state index >= 15 is 0 Å². The Hall–Kier alpha value is -3.16. The van der Waals surface area contributed by atoms with Crippen LogP contribution < -0.4 is 0 Å². The molecule has 0 spiro atoms. The standard InChI is InChI=1S/C23H17ClFNO4S/c24-17-10-8-16(9-11-17)20-22(31(29,30)19-4-2-1-3-5-19)21(27)23(28)26(20)14-15-6-12-18(25)13-7-15/h1-13,20,27H,14H2. The Kier molecular flexibility index (Phi) is 5.56. The van der Waals surface area contributed by atoms with Crippen molar-refractivity contribution in [3.05, 3.63) is 111 Å². The van der Waals surface area contributed by atoms with Crippen LogP contribution in [0.2, 0.25) is 5.02 Å². The Morgan fingerprint density at radius 2 is 1.55 bits per heavy atom. The molecule has 1 aliphatic heterocycles. The number of halogens is 2. The molecule has 1 unspecified atom stereocenters. The van der Waals surface area contributed by atoms with Gasteiger partial charge in [0.15, 0.2) is 5.76 Å². The summed E-state index contributed by atoms with van der Waals surface area (Å²) in [6.07, 6.45) is 0. The van der Waals surface area contributed by atoms with Gasteiger partial charge in [-0.05, 0) is 47.5 Å². The third-order valence-electron chi connectivity index (χ3n) is 5.05. The van der Waals surface area contributed by atoms with Gasteiger partial charge in [0.2, 0.25) is 9.84 Å². The van der Waals surface area contributed by atoms with Crippen molar-refractivity contribution in [1.29, 1.82) is 0 Å². The van der Waals surface area contributed by atoms with Crippen molar-refractivity contribution in [3.63, 3.8) is 0 Å². The molecule has 0 aliphatic carbocycles. The summed E-state index contributed by atoms with van der Waals surface area (Å²) in [5.74, 6) is -2.08. The molecule has 0 radical (unpaired) electrons. The van der Waals surface area contributed by atoms with E-state index in [0.717, 1.165) is 0 Å². The predicted octanol–water partition coefficient (Wildman–Crippen LogP) is 4.81.